The topological polar surface area (TPSA) is 50.1 Å². The van der Waals surface area contributed by atoms with Crippen molar-refractivity contribution in [2.45, 2.75) is 6.92 Å². The van der Waals surface area contributed by atoms with Crippen molar-refractivity contribution in [2.75, 3.05) is 10.6 Å². The monoisotopic (exact) mass is 283 g/mol. The van der Waals surface area contributed by atoms with Crippen LogP contribution in [0.3, 0.4) is 0 Å². The second-order valence-corrected chi connectivity index (χ2v) is 4.94. The summed E-state index contributed by atoms with van der Waals surface area (Å²) in [6.45, 7) is 2.05. The highest BCUT2D eigenvalue weighted by atomic mass is 32.1. The highest BCUT2D eigenvalue weighted by Gasteiger charge is 2.02. The normalized spacial score (nSPS) is 10.4. The van der Waals surface area contributed by atoms with Gasteiger partial charge in [0.05, 0.1) is 0 Å². The lowest BCUT2D eigenvalue weighted by Crippen LogP contribution is -2.18. The Morgan fingerprint density at radius 3 is 2.55 bits per heavy atom. The minimum atomic E-state index is 0.539. The van der Waals surface area contributed by atoms with E-state index >= 15 is 0 Å². The molecule has 0 aliphatic carbocycles. The molecule has 5 heteroatoms. The molecule has 0 spiro atoms. The Kier molecular flexibility index (Phi) is 3.35. The third kappa shape index (κ3) is 2.78. The molecule has 0 aliphatic heterocycles. The Morgan fingerprint density at radius 2 is 1.75 bits per heavy atom. The number of aryl methyl sites for hydroxylation is 1. The van der Waals surface area contributed by atoms with E-state index in [4.69, 9.17) is 16.7 Å². The first-order valence-electron chi connectivity index (χ1n) is 6.19. The zero-order valence-electron chi connectivity index (χ0n) is 10.9. The van der Waals surface area contributed by atoms with E-state index in [2.05, 4.69) is 15.8 Å². The molecule has 0 radical (unpaired) electrons. The average Bonchev–Trinajstić information content (AvgIpc) is 2.89. The van der Waals surface area contributed by atoms with Crippen LogP contribution in [0, 0.1) is 6.92 Å². The number of aromatic nitrogens is 1. The highest BCUT2D eigenvalue weighted by molar-refractivity contribution is 7.80. The Bertz CT molecular complexity index is 749. The van der Waals surface area contributed by atoms with Crippen molar-refractivity contribution in [3.63, 3.8) is 0 Å². The summed E-state index contributed by atoms with van der Waals surface area (Å²) in [4.78, 5) is 0. The smallest absolute Gasteiger partial charge is 0.175 e. The van der Waals surface area contributed by atoms with Gasteiger partial charge in [0.15, 0.2) is 5.11 Å². The number of benzene rings is 2. The van der Waals surface area contributed by atoms with E-state index in [1.54, 1.807) is 6.26 Å². The first-order chi connectivity index (χ1) is 9.70. The minimum Gasteiger partial charge on any atom is -0.364 e. The molecule has 1 heterocycles. The number of rotatable bonds is 2. The van der Waals surface area contributed by atoms with Crippen LogP contribution in [0.15, 0.2) is 53.3 Å². The van der Waals surface area contributed by atoms with E-state index < -0.39 is 0 Å². The SMILES string of the molecule is Cc1ccc(NC(=S)Nc2ccc3conc3c2)cc1. The van der Waals surface area contributed by atoms with Crippen LogP contribution in [-0.2, 0) is 0 Å². The Balaban J connectivity index is 1.70. The van der Waals surface area contributed by atoms with Crippen LogP contribution >= 0.6 is 12.2 Å². The predicted molar refractivity (Wildman–Crippen MR) is 85.0 cm³/mol. The summed E-state index contributed by atoms with van der Waals surface area (Å²) in [5.41, 5.74) is 3.84. The predicted octanol–water partition coefficient (Wildman–Crippen LogP) is 3.95. The minimum absolute atomic E-state index is 0.539. The van der Waals surface area contributed by atoms with E-state index in [0.717, 1.165) is 22.3 Å². The van der Waals surface area contributed by atoms with Gasteiger partial charge in [0.25, 0.3) is 0 Å². The molecular weight excluding hydrogens is 270 g/mol. The van der Waals surface area contributed by atoms with Crippen LogP contribution in [0.25, 0.3) is 10.9 Å². The van der Waals surface area contributed by atoms with Crippen molar-refractivity contribution in [3.8, 4) is 0 Å². The quantitative estimate of drug-likeness (QED) is 0.697. The maximum Gasteiger partial charge on any atom is 0.175 e. The van der Waals surface area contributed by atoms with Crippen LogP contribution in [-0.4, -0.2) is 10.3 Å². The molecule has 2 N–H and O–H groups in total. The summed E-state index contributed by atoms with van der Waals surface area (Å²) in [7, 11) is 0. The molecule has 0 amide bonds. The Morgan fingerprint density at radius 1 is 1.05 bits per heavy atom. The molecule has 100 valence electrons. The molecule has 4 nitrogen and oxygen atoms in total. The fraction of sp³-hybridized carbons (Fsp3) is 0.0667. The molecule has 1 aromatic heterocycles. The molecule has 0 fully saturated rings. The fourth-order valence-electron chi connectivity index (χ4n) is 1.87. The number of hydrogen-bond acceptors (Lipinski definition) is 3. The fourth-order valence-corrected chi connectivity index (χ4v) is 2.11. The van der Waals surface area contributed by atoms with Crippen LogP contribution in [0.2, 0.25) is 0 Å². The Hall–Kier alpha value is -2.40. The number of hydrogen-bond donors (Lipinski definition) is 2. The lowest BCUT2D eigenvalue weighted by molar-refractivity contribution is 0.428. The van der Waals surface area contributed by atoms with Crippen molar-refractivity contribution in [3.05, 3.63) is 54.3 Å². The summed E-state index contributed by atoms with van der Waals surface area (Å²) < 4.78 is 4.91. The van der Waals surface area contributed by atoms with E-state index in [9.17, 15) is 0 Å². The molecule has 0 atom stereocenters. The number of thiocarbonyl (C=S) groups is 1. The zero-order valence-corrected chi connectivity index (χ0v) is 11.7. The molecule has 0 aliphatic rings. The average molecular weight is 283 g/mol. The van der Waals surface area contributed by atoms with Crippen molar-refractivity contribution >= 4 is 39.6 Å². The first-order valence-corrected chi connectivity index (χ1v) is 6.60. The second-order valence-electron chi connectivity index (χ2n) is 4.53. The Labute approximate surface area is 121 Å². The van der Waals surface area contributed by atoms with Gasteiger partial charge in [0.2, 0.25) is 0 Å². The van der Waals surface area contributed by atoms with E-state index in [-0.39, 0.29) is 0 Å². The van der Waals surface area contributed by atoms with Crippen LogP contribution < -0.4 is 10.6 Å². The maximum atomic E-state index is 5.29. The van der Waals surface area contributed by atoms with Gasteiger partial charge in [-0.2, -0.15) is 0 Å². The van der Waals surface area contributed by atoms with Gasteiger partial charge in [-0.05, 0) is 49.5 Å². The van der Waals surface area contributed by atoms with Gasteiger partial charge in [0, 0.05) is 16.8 Å². The summed E-state index contributed by atoms with van der Waals surface area (Å²) in [5.74, 6) is 0. The van der Waals surface area contributed by atoms with Gasteiger partial charge >= 0.3 is 0 Å². The highest BCUT2D eigenvalue weighted by Crippen LogP contribution is 2.18. The van der Waals surface area contributed by atoms with Gasteiger partial charge in [-0.3, -0.25) is 0 Å². The third-order valence-corrected chi connectivity index (χ3v) is 3.13. The van der Waals surface area contributed by atoms with Crippen LogP contribution in [0.4, 0.5) is 11.4 Å². The van der Waals surface area contributed by atoms with Gasteiger partial charge in [-0.15, -0.1) is 0 Å². The van der Waals surface area contributed by atoms with E-state index in [0.29, 0.717) is 5.11 Å². The van der Waals surface area contributed by atoms with Crippen molar-refractivity contribution in [2.24, 2.45) is 0 Å². The van der Waals surface area contributed by atoms with E-state index in [1.807, 2.05) is 49.4 Å². The standard InChI is InChI=1S/C15H13N3OS/c1-10-2-5-12(6-3-10)16-15(20)17-13-7-4-11-9-19-18-14(11)8-13/h2-9H,1H3,(H2,16,17,20). The molecule has 0 bridgehead atoms. The van der Waals surface area contributed by atoms with Crippen LogP contribution in [0.1, 0.15) is 5.56 Å². The number of anilines is 2. The lowest BCUT2D eigenvalue weighted by Gasteiger charge is -2.10. The lowest BCUT2D eigenvalue weighted by atomic mass is 10.2. The number of nitrogens with zero attached hydrogens (tertiary/aromatic N) is 1. The largest absolute Gasteiger partial charge is 0.364 e. The van der Waals surface area contributed by atoms with Crippen LogP contribution in [0.5, 0.6) is 0 Å². The molecule has 3 rings (SSSR count). The summed E-state index contributed by atoms with van der Waals surface area (Å²) >= 11 is 5.29. The van der Waals surface area contributed by atoms with Crippen molar-refractivity contribution in [1.82, 2.24) is 5.16 Å². The van der Waals surface area contributed by atoms with Gasteiger partial charge in [0.1, 0.15) is 11.8 Å². The summed E-state index contributed by atoms with van der Waals surface area (Å²) in [5, 5.41) is 11.7. The van der Waals surface area contributed by atoms with E-state index in [1.165, 1.54) is 5.56 Å². The summed E-state index contributed by atoms with van der Waals surface area (Å²) in [6, 6.07) is 13.8. The second kappa shape index (κ2) is 5.30. The van der Waals surface area contributed by atoms with Crippen molar-refractivity contribution < 1.29 is 4.52 Å². The number of fused-ring (bicyclic) bond motifs is 1. The maximum absolute atomic E-state index is 5.29. The van der Waals surface area contributed by atoms with Gasteiger partial charge in [-0.1, -0.05) is 22.9 Å². The van der Waals surface area contributed by atoms with Gasteiger partial charge in [-0.25, -0.2) is 0 Å². The third-order valence-electron chi connectivity index (χ3n) is 2.93. The molecule has 20 heavy (non-hydrogen) atoms. The number of nitrogens with one attached hydrogen (secondary N) is 2. The molecule has 0 saturated carbocycles. The molecular formula is C15H13N3OS. The molecule has 0 unspecified atom stereocenters. The molecule has 0 saturated heterocycles. The molecule has 2 aromatic carbocycles. The molecule has 3 aromatic rings. The zero-order chi connectivity index (χ0) is 13.9. The van der Waals surface area contributed by atoms with Crippen molar-refractivity contribution in [1.29, 1.82) is 0 Å². The first kappa shape index (κ1) is 12.6. The van der Waals surface area contributed by atoms with Gasteiger partial charge < -0.3 is 15.2 Å². The summed E-state index contributed by atoms with van der Waals surface area (Å²) in [6.07, 6.45) is 1.61.